The quantitative estimate of drug-likeness (QED) is 0.533. The van der Waals surface area contributed by atoms with Gasteiger partial charge in [0, 0.05) is 0 Å². The minimum absolute atomic E-state index is 0.0857. The zero-order valence-electron chi connectivity index (χ0n) is 11.1. The molecular formula is C14H30O2. The number of unbranched alkanes of at least 4 members (excludes halogenated alkanes) is 4. The van der Waals surface area contributed by atoms with Crippen molar-refractivity contribution in [1.29, 1.82) is 0 Å². The Balaban J connectivity index is 3.71. The Morgan fingerprint density at radius 2 is 1.50 bits per heavy atom. The summed E-state index contributed by atoms with van der Waals surface area (Å²) in [6, 6.07) is 0. The predicted molar refractivity (Wildman–Crippen MR) is 69.5 cm³/mol. The molecular weight excluding hydrogens is 200 g/mol. The summed E-state index contributed by atoms with van der Waals surface area (Å²) in [4.78, 5) is 0. The van der Waals surface area contributed by atoms with Crippen molar-refractivity contribution in [2.24, 2.45) is 5.92 Å². The molecule has 2 nitrogen and oxygen atoms in total. The second-order valence-electron chi connectivity index (χ2n) is 4.93. The van der Waals surface area contributed by atoms with Crippen LogP contribution < -0.4 is 0 Å². The molecule has 1 unspecified atom stereocenters. The number of aliphatic hydroxyl groups is 2. The molecule has 0 aliphatic heterocycles. The van der Waals surface area contributed by atoms with E-state index in [1.807, 2.05) is 0 Å². The van der Waals surface area contributed by atoms with Crippen LogP contribution in [0.1, 0.15) is 71.6 Å². The standard InChI is InChI=1S/C14H30O2/c1-3-5-7-8-10-13(9-6-4-2)11-14(16)12-15/h13-16H,3-12H2,1-2H3/t13?,14-/m0/s1. The highest BCUT2D eigenvalue weighted by Crippen LogP contribution is 2.22. The second-order valence-corrected chi connectivity index (χ2v) is 4.93. The maximum atomic E-state index is 9.48. The fourth-order valence-corrected chi connectivity index (χ4v) is 2.19. The van der Waals surface area contributed by atoms with Crippen LogP contribution in [0.3, 0.4) is 0 Å². The summed E-state index contributed by atoms with van der Waals surface area (Å²) in [6.07, 6.45) is 10.4. The van der Waals surface area contributed by atoms with Crippen LogP contribution in [0.2, 0.25) is 0 Å². The van der Waals surface area contributed by atoms with Gasteiger partial charge in [-0.1, -0.05) is 65.2 Å². The zero-order valence-corrected chi connectivity index (χ0v) is 11.1. The third-order valence-corrected chi connectivity index (χ3v) is 3.25. The molecule has 0 radical (unpaired) electrons. The van der Waals surface area contributed by atoms with E-state index < -0.39 is 6.10 Å². The predicted octanol–water partition coefficient (Wildman–Crippen LogP) is 3.51. The molecule has 0 heterocycles. The van der Waals surface area contributed by atoms with Crippen LogP contribution in [0.4, 0.5) is 0 Å². The van der Waals surface area contributed by atoms with Gasteiger partial charge in [0.05, 0.1) is 12.7 Å². The largest absolute Gasteiger partial charge is 0.394 e. The minimum atomic E-state index is -0.506. The van der Waals surface area contributed by atoms with Crippen molar-refractivity contribution < 1.29 is 10.2 Å². The fraction of sp³-hybridized carbons (Fsp3) is 1.00. The number of aliphatic hydroxyl groups excluding tert-OH is 2. The first-order chi connectivity index (χ1) is 7.74. The molecule has 0 aromatic heterocycles. The van der Waals surface area contributed by atoms with Crippen LogP contribution in [-0.4, -0.2) is 22.9 Å². The fourth-order valence-electron chi connectivity index (χ4n) is 2.19. The normalized spacial score (nSPS) is 15.0. The van der Waals surface area contributed by atoms with Gasteiger partial charge in [-0.3, -0.25) is 0 Å². The SMILES string of the molecule is CCCCCCC(CCCC)C[C@H](O)CO. The number of hydrogen-bond acceptors (Lipinski definition) is 2. The lowest BCUT2D eigenvalue weighted by Crippen LogP contribution is -2.17. The maximum Gasteiger partial charge on any atom is 0.0773 e. The van der Waals surface area contributed by atoms with Gasteiger partial charge in [-0.15, -0.1) is 0 Å². The molecule has 0 aliphatic rings. The van der Waals surface area contributed by atoms with Crippen LogP contribution in [0, 0.1) is 5.92 Å². The molecule has 0 fully saturated rings. The van der Waals surface area contributed by atoms with E-state index in [-0.39, 0.29) is 6.61 Å². The first-order valence-corrected chi connectivity index (χ1v) is 7.03. The van der Waals surface area contributed by atoms with Crippen LogP contribution in [0.15, 0.2) is 0 Å². The molecule has 0 aliphatic carbocycles. The van der Waals surface area contributed by atoms with Crippen molar-refractivity contribution in [2.45, 2.75) is 77.7 Å². The summed E-state index contributed by atoms with van der Waals surface area (Å²) >= 11 is 0. The van der Waals surface area contributed by atoms with E-state index in [1.165, 1.54) is 51.4 Å². The van der Waals surface area contributed by atoms with Gasteiger partial charge in [-0.2, -0.15) is 0 Å². The lowest BCUT2D eigenvalue weighted by molar-refractivity contribution is 0.0706. The molecule has 2 heteroatoms. The average molecular weight is 230 g/mol. The van der Waals surface area contributed by atoms with Gasteiger partial charge in [0.15, 0.2) is 0 Å². The summed E-state index contributed by atoms with van der Waals surface area (Å²) < 4.78 is 0. The third kappa shape index (κ3) is 9.17. The summed E-state index contributed by atoms with van der Waals surface area (Å²) in [5, 5.41) is 18.3. The molecule has 0 rings (SSSR count). The van der Waals surface area contributed by atoms with Crippen molar-refractivity contribution in [2.75, 3.05) is 6.61 Å². The first-order valence-electron chi connectivity index (χ1n) is 7.03. The van der Waals surface area contributed by atoms with Crippen molar-refractivity contribution >= 4 is 0 Å². The number of rotatable bonds is 11. The summed E-state index contributed by atoms with van der Waals surface area (Å²) in [5.74, 6) is 0.610. The molecule has 0 aromatic rings. The van der Waals surface area contributed by atoms with E-state index in [9.17, 15) is 5.11 Å². The molecule has 98 valence electrons. The Morgan fingerprint density at radius 1 is 0.875 bits per heavy atom. The average Bonchev–Trinajstić information content (AvgIpc) is 2.30. The Bertz CT molecular complexity index is 137. The van der Waals surface area contributed by atoms with Gasteiger partial charge in [0.2, 0.25) is 0 Å². The Kier molecular flexibility index (Phi) is 11.3. The van der Waals surface area contributed by atoms with Crippen LogP contribution in [0.5, 0.6) is 0 Å². The Hall–Kier alpha value is -0.0800. The van der Waals surface area contributed by atoms with E-state index in [2.05, 4.69) is 13.8 Å². The highest BCUT2D eigenvalue weighted by molar-refractivity contribution is 4.65. The van der Waals surface area contributed by atoms with Crippen LogP contribution in [0.25, 0.3) is 0 Å². The maximum absolute atomic E-state index is 9.48. The monoisotopic (exact) mass is 230 g/mol. The van der Waals surface area contributed by atoms with Crippen molar-refractivity contribution in [1.82, 2.24) is 0 Å². The summed E-state index contributed by atoms with van der Waals surface area (Å²) in [7, 11) is 0. The second kappa shape index (κ2) is 11.4. The lowest BCUT2D eigenvalue weighted by atomic mass is 9.90. The van der Waals surface area contributed by atoms with Crippen molar-refractivity contribution in [3.05, 3.63) is 0 Å². The Labute approximate surface area is 101 Å². The van der Waals surface area contributed by atoms with Crippen molar-refractivity contribution in [3.63, 3.8) is 0 Å². The molecule has 0 saturated heterocycles. The van der Waals surface area contributed by atoms with E-state index in [4.69, 9.17) is 5.11 Å². The van der Waals surface area contributed by atoms with E-state index in [0.717, 1.165) is 6.42 Å². The molecule has 2 N–H and O–H groups in total. The number of hydrogen-bond donors (Lipinski definition) is 2. The van der Waals surface area contributed by atoms with E-state index in [0.29, 0.717) is 5.92 Å². The van der Waals surface area contributed by atoms with Gasteiger partial charge in [-0.05, 0) is 12.3 Å². The molecule has 2 atom stereocenters. The molecule has 0 aromatic carbocycles. The lowest BCUT2D eigenvalue weighted by Gasteiger charge is -2.19. The van der Waals surface area contributed by atoms with E-state index in [1.54, 1.807) is 0 Å². The third-order valence-electron chi connectivity index (χ3n) is 3.25. The molecule has 0 spiro atoms. The van der Waals surface area contributed by atoms with Crippen LogP contribution >= 0.6 is 0 Å². The topological polar surface area (TPSA) is 40.5 Å². The van der Waals surface area contributed by atoms with Gasteiger partial charge in [0.1, 0.15) is 0 Å². The summed E-state index contributed by atoms with van der Waals surface area (Å²) in [6.45, 7) is 4.35. The van der Waals surface area contributed by atoms with Gasteiger partial charge < -0.3 is 10.2 Å². The first kappa shape index (κ1) is 15.9. The highest BCUT2D eigenvalue weighted by atomic mass is 16.3. The van der Waals surface area contributed by atoms with Crippen LogP contribution in [-0.2, 0) is 0 Å². The van der Waals surface area contributed by atoms with Gasteiger partial charge in [-0.25, -0.2) is 0 Å². The molecule has 0 amide bonds. The van der Waals surface area contributed by atoms with Gasteiger partial charge in [0.25, 0.3) is 0 Å². The highest BCUT2D eigenvalue weighted by Gasteiger charge is 2.13. The molecule has 16 heavy (non-hydrogen) atoms. The minimum Gasteiger partial charge on any atom is -0.394 e. The molecule has 0 saturated carbocycles. The Morgan fingerprint density at radius 3 is 2.06 bits per heavy atom. The molecule has 0 bridgehead atoms. The van der Waals surface area contributed by atoms with Gasteiger partial charge >= 0.3 is 0 Å². The van der Waals surface area contributed by atoms with E-state index >= 15 is 0 Å². The zero-order chi connectivity index (χ0) is 12.2. The smallest absolute Gasteiger partial charge is 0.0773 e. The summed E-state index contributed by atoms with van der Waals surface area (Å²) in [5.41, 5.74) is 0. The van der Waals surface area contributed by atoms with Crippen molar-refractivity contribution in [3.8, 4) is 0 Å².